The van der Waals surface area contributed by atoms with E-state index in [9.17, 15) is 13.5 Å². The molecule has 1 aromatic carbocycles. The van der Waals surface area contributed by atoms with Gasteiger partial charge in [0.25, 0.3) is 0 Å². The summed E-state index contributed by atoms with van der Waals surface area (Å²) in [6.07, 6.45) is 2.71. The van der Waals surface area contributed by atoms with Crippen molar-refractivity contribution in [2.45, 2.75) is 61.1 Å². The van der Waals surface area contributed by atoms with Gasteiger partial charge in [0.1, 0.15) is 5.60 Å². The van der Waals surface area contributed by atoms with E-state index in [1.54, 1.807) is 12.1 Å². The molecule has 3 aliphatic rings. The molecular weight excluding hydrogens is 340 g/mol. The number of aryl methyl sites for hydroxylation is 1. The predicted molar refractivity (Wildman–Crippen MR) is 92.9 cm³/mol. The summed E-state index contributed by atoms with van der Waals surface area (Å²) in [5.41, 5.74) is -0.221. The molecule has 4 atom stereocenters. The van der Waals surface area contributed by atoms with Crippen LogP contribution in [0, 0.1) is 18.8 Å². The average Bonchev–Trinajstić information content (AvgIpc) is 3.17. The standard InChI is InChI=1S/C19H26O5S/c1-13-3-6-16(7-4-13)25(21,22)17-8-5-15-9-10-18(23-11-12-24-18)19(15,20)14(17)2/h3-4,6-7,14-15,17,20H,5,8-12H2,1-2H3/t14-,15-,17-,19-/m1/s1. The Morgan fingerprint density at radius 3 is 2.36 bits per heavy atom. The quantitative estimate of drug-likeness (QED) is 0.870. The monoisotopic (exact) mass is 366 g/mol. The van der Waals surface area contributed by atoms with Crippen molar-refractivity contribution in [3.05, 3.63) is 29.8 Å². The van der Waals surface area contributed by atoms with Crippen LogP contribution in [0.15, 0.2) is 29.2 Å². The van der Waals surface area contributed by atoms with Gasteiger partial charge in [-0.15, -0.1) is 0 Å². The topological polar surface area (TPSA) is 72.8 Å². The average molecular weight is 366 g/mol. The van der Waals surface area contributed by atoms with Gasteiger partial charge in [0.15, 0.2) is 15.6 Å². The van der Waals surface area contributed by atoms with E-state index in [4.69, 9.17) is 9.47 Å². The molecule has 1 aliphatic heterocycles. The molecule has 3 fully saturated rings. The summed E-state index contributed by atoms with van der Waals surface area (Å²) in [6, 6.07) is 6.97. The Hall–Kier alpha value is -0.950. The molecule has 0 bridgehead atoms. The van der Waals surface area contributed by atoms with Gasteiger partial charge in [-0.1, -0.05) is 24.6 Å². The van der Waals surface area contributed by atoms with Crippen LogP contribution in [0.2, 0.25) is 0 Å². The summed E-state index contributed by atoms with van der Waals surface area (Å²) in [7, 11) is -3.52. The highest BCUT2D eigenvalue weighted by molar-refractivity contribution is 7.92. The van der Waals surface area contributed by atoms with Crippen LogP contribution in [0.25, 0.3) is 0 Å². The van der Waals surface area contributed by atoms with Crippen LogP contribution in [0.5, 0.6) is 0 Å². The number of benzene rings is 1. The van der Waals surface area contributed by atoms with Gasteiger partial charge in [-0.25, -0.2) is 8.42 Å². The highest BCUT2D eigenvalue weighted by Crippen LogP contribution is 2.58. The molecular formula is C19H26O5S. The molecule has 0 aromatic heterocycles. The van der Waals surface area contributed by atoms with Crippen molar-refractivity contribution in [3.63, 3.8) is 0 Å². The summed E-state index contributed by atoms with van der Waals surface area (Å²) in [6.45, 7) is 4.69. The minimum atomic E-state index is -3.52. The van der Waals surface area contributed by atoms with Crippen molar-refractivity contribution in [2.24, 2.45) is 11.8 Å². The SMILES string of the molecule is Cc1ccc(S(=O)(=O)[C@@H]2CC[C@@H]3CCC4(OCCO4)[C@@]3(O)[C@@H]2C)cc1. The highest BCUT2D eigenvalue weighted by atomic mass is 32.2. The maximum absolute atomic E-state index is 13.3. The number of sulfone groups is 1. The Morgan fingerprint density at radius 1 is 1.08 bits per heavy atom. The van der Waals surface area contributed by atoms with Crippen LogP contribution in [0.4, 0.5) is 0 Å². The molecule has 0 amide bonds. The fourth-order valence-corrected chi connectivity index (χ4v) is 7.29. The second-order valence-electron chi connectivity index (χ2n) is 7.77. The lowest BCUT2D eigenvalue weighted by Gasteiger charge is -2.50. The maximum Gasteiger partial charge on any atom is 0.198 e. The Labute approximate surface area is 149 Å². The molecule has 6 heteroatoms. The van der Waals surface area contributed by atoms with Crippen LogP contribution < -0.4 is 0 Å². The smallest absolute Gasteiger partial charge is 0.198 e. The molecule has 2 aliphatic carbocycles. The number of aliphatic hydroxyl groups is 1. The first kappa shape index (κ1) is 17.5. The van der Waals surface area contributed by atoms with Crippen LogP contribution in [0.1, 0.15) is 38.2 Å². The first-order valence-electron chi connectivity index (χ1n) is 9.12. The molecule has 25 heavy (non-hydrogen) atoms. The Balaban J connectivity index is 1.72. The second-order valence-corrected chi connectivity index (χ2v) is 9.94. The zero-order valence-electron chi connectivity index (χ0n) is 14.8. The second kappa shape index (κ2) is 5.78. The van der Waals surface area contributed by atoms with E-state index in [1.165, 1.54) is 0 Å². The van der Waals surface area contributed by atoms with Crippen molar-refractivity contribution in [3.8, 4) is 0 Å². The Morgan fingerprint density at radius 2 is 1.72 bits per heavy atom. The van der Waals surface area contributed by atoms with E-state index in [-0.39, 0.29) is 5.92 Å². The van der Waals surface area contributed by atoms with Crippen molar-refractivity contribution >= 4 is 9.84 Å². The van der Waals surface area contributed by atoms with Crippen molar-refractivity contribution in [2.75, 3.05) is 13.2 Å². The lowest BCUT2D eigenvalue weighted by molar-refractivity contribution is -0.285. The lowest BCUT2D eigenvalue weighted by Crippen LogP contribution is -2.63. The molecule has 1 N–H and O–H groups in total. The number of hydrogen-bond donors (Lipinski definition) is 1. The fourth-order valence-electron chi connectivity index (χ4n) is 5.23. The zero-order valence-corrected chi connectivity index (χ0v) is 15.6. The molecule has 0 unspecified atom stereocenters. The summed E-state index contributed by atoms with van der Waals surface area (Å²) in [5, 5.41) is 11.0. The van der Waals surface area contributed by atoms with E-state index in [0.717, 1.165) is 12.0 Å². The van der Waals surface area contributed by atoms with Gasteiger partial charge in [-0.05, 0) is 44.2 Å². The number of rotatable bonds is 2. The number of ether oxygens (including phenoxy) is 2. The Bertz CT molecular complexity index is 751. The third-order valence-corrected chi connectivity index (χ3v) is 8.98. The summed E-state index contributed by atoms with van der Waals surface area (Å²) in [4.78, 5) is 0.331. The molecule has 0 radical (unpaired) electrons. The zero-order chi connectivity index (χ0) is 17.9. The molecule has 5 nitrogen and oxygen atoms in total. The Kier molecular flexibility index (Phi) is 4.03. The van der Waals surface area contributed by atoms with Gasteiger partial charge in [0.05, 0.1) is 23.4 Å². The minimum absolute atomic E-state index is 0.0325. The van der Waals surface area contributed by atoms with Crippen molar-refractivity contribution in [1.82, 2.24) is 0 Å². The van der Waals surface area contributed by atoms with E-state index in [0.29, 0.717) is 37.4 Å². The molecule has 2 saturated carbocycles. The maximum atomic E-state index is 13.3. The molecule has 1 aromatic rings. The van der Waals surface area contributed by atoms with E-state index >= 15 is 0 Å². The molecule has 1 heterocycles. The first-order valence-corrected chi connectivity index (χ1v) is 10.7. The first-order chi connectivity index (χ1) is 11.8. The van der Waals surface area contributed by atoms with E-state index in [2.05, 4.69) is 0 Å². The van der Waals surface area contributed by atoms with E-state index < -0.39 is 32.4 Å². The van der Waals surface area contributed by atoms with Crippen LogP contribution in [0.3, 0.4) is 0 Å². The molecule has 1 saturated heterocycles. The van der Waals surface area contributed by atoms with Crippen molar-refractivity contribution in [1.29, 1.82) is 0 Å². The van der Waals surface area contributed by atoms with Gasteiger partial charge < -0.3 is 14.6 Å². The number of fused-ring (bicyclic) bond motifs is 2. The van der Waals surface area contributed by atoms with Gasteiger partial charge in [-0.2, -0.15) is 0 Å². The van der Waals surface area contributed by atoms with Crippen LogP contribution in [-0.2, 0) is 19.3 Å². The van der Waals surface area contributed by atoms with Crippen LogP contribution in [-0.4, -0.2) is 43.4 Å². The summed E-state index contributed by atoms with van der Waals surface area (Å²) >= 11 is 0. The normalized spacial score (nSPS) is 37.3. The van der Waals surface area contributed by atoms with Gasteiger partial charge in [0.2, 0.25) is 0 Å². The third-order valence-electron chi connectivity index (χ3n) is 6.61. The van der Waals surface area contributed by atoms with E-state index in [1.807, 2.05) is 26.0 Å². The molecule has 4 rings (SSSR count). The van der Waals surface area contributed by atoms with Gasteiger partial charge in [-0.3, -0.25) is 0 Å². The highest BCUT2D eigenvalue weighted by Gasteiger charge is 2.69. The molecule has 1 spiro atoms. The largest absolute Gasteiger partial charge is 0.384 e. The van der Waals surface area contributed by atoms with Gasteiger partial charge >= 0.3 is 0 Å². The minimum Gasteiger partial charge on any atom is -0.384 e. The summed E-state index contributed by atoms with van der Waals surface area (Å²) < 4.78 is 38.2. The fraction of sp³-hybridized carbons (Fsp3) is 0.684. The third kappa shape index (κ3) is 2.34. The number of hydrogen-bond acceptors (Lipinski definition) is 5. The van der Waals surface area contributed by atoms with Crippen LogP contribution >= 0.6 is 0 Å². The summed E-state index contributed by atoms with van der Waals surface area (Å²) in [5.74, 6) is -1.44. The van der Waals surface area contributed by atoms with Crippen molar-refractivity contribution < 1.29 is 23.0 Å². The predicted octanol–water partition coefficient (Wildman–Crippen LogP) is 2.45. The van der Waals surface area contributed by atoms with Gasteiger partial charge in [0, 0.05) is 12.3 Å². The lowest BCUT2D eigenvalue weighted by atomic mass is 9.68. The molecule has 138 valence electrons.